The van der Waals surface area contributed by atoms with E-state index < -0.39 is 0 Å². The molecule has 3 nitrogen and oxygen atoms in total. The van der Waals surface area contributed by atoms with Crippen molar-refractivity contribution in [1.29, 1.82) is 0 Å². The number of nitrogens with zero attached hydrogens (tertiary/aromatic N) is 2. The maximum absolute atomic E-state index is 5.64. The summed E-state index contributed by atoms with van der Waals surface area (Å²) in [7, 11) is 0. The van der Waals surface area contributed by atoms with Crippen LogP contribution in [0.15, 0.2) is 12.4 Å². The fraction of sp³-hybridized carbons (Fsp3) is 0.789. The van der Waals surface area contributed by atoms with Gasteiger partial charge in [0.05, 0.1) is 0 Å². The zero-order valence-electron chi connectivity index (χ0n) is 14.9. The molecule has 0 saturated heterocycles. The smallest absolute Gasteiger partial charge is 0.219 e. The van der Waals surface area contributed by atoms with E-state index in [9.17, 15) is 0 Å². The summed E-state index contributed by atoms with van der Waals surface area (Å²) in [6.45, 7) is 6.91. The van der Waals surface area contributed by atoms with E-state index >= 15 is 0 Å². The van der Waals surface area contributed by atoms with Crippen molar-refractivity contribution in [2.24, 2.45) is 0 Å². The van der Waals surface area contributed by atoms with E-state index in [0.717, 1.165) is 0 Å². The first-order chi connectivity index (χ1) is 10.6. The summed E-state index contributed by atoms with van der Waals surface area (Å²) in [5.74, 6) is 0.375. The van der Waals surface area contributed by atoms with Crippen molar-refractivity contribution in [3.8, 4) is 0 Å². The zero-order chi connectivity index (χ0) is 16.3. The van der Waals surface area contributed by atoms with Gasteiger partial charge in [0.15, 0.2) is 0 Å². The van der Waals surface area contributed by atoms with Gasteiger partial charge in [0.2, 0.25) is 5.95 Å². The summed E-state index contributed by atoms with van der Waals surface area (Å²) in [6, 6.07) is 0. The van der Waals surface area contributed by atoms with Gasteiger partial charge < -0.3 is 5.73 Å². The van der Waals surface area contributed by atoms with Crippen LogP contribution >= 0.6 is 0 Å². The highest BCUT2D eigenvalue weighted by atomic mass is 15.0. The molecule has 2 N–H and O–H groups in total. The molecule has 1 aromatic rings. The van der Waals surface area contributed by atoms with Crippen molar-refractivity contribution in [1.82, 2.24) is 9.97 Å². The van der Waals surface area contributed by atoms with Gasteiger partial charge in [-0.05, 0) is 23.8 Å². The van der Waals surface area contributed by atoms with Crippen molar-refractivity contribution in [3.63, 3.8) is 0 Å². The minimum atomic E-state index is 0.202. The number of unbranched alkanes of at least 4 members (excludes halogenated alkanes) is 7. The van der Waals surface area contributed by atoms with Gasteiger partial charge in [0, 0.05) is 12.4 Å². The molecule has 0 aromatic carbocycles. The van der Waals surface area contributed by atoms with Gasteiger partial charge >= 0.3 is 0 Å². The number of nitrogen functional groups attached to an aromatic ring is 1. The Morgan fingerprint density at radius 2 is 1.27 bits per heavy atom. The van der Waals surface area contributed by atoms with Crippen molar-refractivity contribution >= 4 is 5.95 Å². The first-order valence-electron chi connectivity index (χ1n) is 9.20. The van der Waals surface area contributed by atoms with E-state index in [2.05, 4.69) is 30.7 Å². The second-order valence-corrected chi connectivity index (χ2v) is 6.87. The summed E-state index contributed by atoms with van der Waals surface area (Å²) in [5, 5.41) is 0. The first kappa shape index (κ1) is 18.9. The molecule has 126 valence electrons. The Bertz CT molecular complexity index is 388. The molecule has 1 aromatic heterocycles. The molecule has 1 heterocycles. The fourth-order valence-corrected chi connectivity index (χ4v) is 3.12. The van der Waals surface area contributed by atoms with Gasteiger partial charge in [0.25, 0.3) is 0 Å². The molecule has 0 radical (unpaired) electrons. The average molecular weight is 306 g/mol. The molecule has 0 aliphatic carbocycles. The van der Waals surface area contributed by atoms with Crippen molar-refractivity contribution in [2.75, 3.05) is 5.73 Å². The van der Waals surface area contributed by atoms with Crippen molar-refractivity contribution < 1.29 is 0 Å². The number of hydrogen-bond acceptors (Lipinski definition) is 3. The standard InChI is InChI=1S/C19H35N3/c1-4-6-8-10-12-14-19(3,13-11-9-7-5-2)17-15-21-18(20)22-16-17/h15-16H,4-14H2,1-3H3,(H2,20,21,22). The van der Waals surface area contributed by atoms with Crippen LogP contribution in [0.2, 0.25) is 0 Å². The van der Waals surface area contributed by atoms with E-state index in [1.54, 1.807) is 0 Å². The molecule has 0 bridgehead atoms. The molecular formula is C19H35N3. The van der Waals surface area contributed by atoms with E-state index in [1.807, 2.05) is 12.4 Å². The molecule has 0 spiro atoms. The summed E-state index contributed by atoms with van der Waals surface area (Å²) >= 11 is 0. The van der Waals surface area contributed by atoms with Crippen molar-refractivity contribution in [2.45, 2.75) is 96.8 Å². The average Bonchev–Trinajstić information content (AvgIpc) is 2.52. The van der Waals surface area contributed by atoms with Gasteiger partial charge in [-0.25, -0.2) is 9.97 Å². The second kappa shape index (κ2) is 10.6. The lowest BCUT2D eigenvalue weighted by Gasteiger charge is -2.30. The molecule has 22 heavy (non-hydrogen) atoms. The lowest BCUT2D eigenvalue weighted by molar-refractivity contribution is 0.361. The molecular weight excluding hydrogens is 270 g/mol. The Kier molecular flexibility index (Phi) is 9.10. The van der Waals surface area contributed by atoms with Gasteiger partial charge in [-0.3, -0.25) is 0 Å². The van der Waals surface area contributed by atoms with E-state index in [0.29, 0.717) is 5.95 Å². The Hall–Kier alpha value is -1.12. The van der Waals surface area contributed by atoms with Crippen LogP contribution in [0.1, 0.15) is 97.0 Å². The van der Waals surface area contributed by atoms with Gasteiger partial charge in [-0.1, -0.05) is 78.6 Å². The number of nitrogens with two attached hydrogens (primary N) is 1. The Morgan fingerprint density at radius 3 is 1.77 bits per heavy atom. The van der Waals surface area contributed by atoms with E-state index in [1.165, 1.54) is 76.2 Å². The SMILES string of the molecule is CCCCCCCC(C)(CCCCCC)c1cnc(N)nc1. The molecule has 0 fully saturated rings. The highest BCUT2D eigenvalue weighted by Crippen LogP contribution is 2.35. The molecule has 1 unspecified atom stereocenters. The molecule has 3 heteroatoms. The minimum Gasteiger partial charge on any atom is -0.368 e. The molecule has 0 amide bonds. The zero-order valence-corrected chi connectivity index (χ0v) is 14.9. The van der Waals surface area contributed by atoms with Crippen LogP contribution in [0.25, 0.3) is 0 Å². The summed E-state index contributed by atoms with van der Waals surface area (Å²) in [6.07, 6.45) is 18.3. The summed E-state index contributed by atoms with van der Waals surface area (Å²) in [4.78, 5) is 8.43. The van der Waals surface area contributed by atoms with Crippen molar-refractivity contribution in [3.05, 3.63) is 18.0 Å². The van der Waals surface area contributed by atoms with Crippen LogP contribution in [-0.2, 0) is 5.41 Å². The largest absolute Gasteiger partial charge is 0.368 e. The normalized spacial score (nSPS) is 14.0. The number of anilines is 1. The number of aromatic nitrogens is 2. The monoisotopic (exact) mass is 305 g/mol. The number of hydrogen-bond donors (Lipinski definition) is 1. The molecule has 1 rings (SSSR count). The van der Waals surface area contributed by atoms with Gasteiger partial charge in [-0.2, -0.15) is 0 Å². The van der Waals surface area contributed by atoms with Crippen LogP contribution < -0.4 is 5.73 Å². The number of rotatable bonds is 12. The molecule has 0 aliphatic heterocycles. The molecule has 0 saturated carbocycles. The van der Waals surface area contributed by atoms with Crippen LogP contribution in [0.3, 0.4) is 0 Å². The third-order valence-corrected chi connectivity index (χ3v) is 4.78. The minimum absolute atomic E-state index is 0.202. The highest BCUT2D eigenvalue weighted by molar-refractivity contribution is 5.23. The Labute approximate surface area is 137 Å². The van der Waals surface area contributed by atoms with Crippen LogP contribution in [0, 0.1) is 0 Å². The predicted octanol–water partition coefficient (Wildman–Crippen LogP) is 5.65. The first-order valence-corrected chi connectivity index (χ1v) is 9.20. The van der Waals surface area contributed by atoms with Crippen LogP contribution in [0.4, 0.5) is 5.95 Å². The predicted molar refractivity (Wildman–Crippen MR) is 95.9 cm³/mol. The topological polar surface area (TPSA) is 51.8 Å². The maximum Gasteiger partial charge on any atom is 0.219 e. The van der Waals surface area contributed by atoms with Crippen LogP contribution in [0.5, 0.6) is 0 Å². The fourth-order valence-electron chi connectivity index (χ4n) is 3.12. The lowest BCUT2D eigenvalue weighted by atomic mass is 9.75. The van der Waals surface area contributed by atoms with Gasteiger partial charge in [-0.15, -0.1) is 0 Å². The molecule has 0 aliphatic rings. The summed E-state index contributed by atoms with van der Waals surface area (Å²) < 4.78 is 0. The highest BCUT2D eigenvalue weighted by Gasteiger charge is 2.26. The Balaban J connectivity index is 2.60. The molecule has 1 atom stereocenters. The third kappa shape index (κ3) is 6.76. The quantitative estimate of drug-likeness (QED) is 0.508. The van der Waals surface area contributed by atoms with E-state index in [-0.39, 0.29) is 5.41 Å². The van der Waals surface area contributed by atoms with E-state index in [4.69, 9.17) is 5.73 Å². The lowest BCUT2D eigenvalue weighted by Crippen LogP contribution is -2.23. The third-order valence-electron chi connectivity index (χ3n) is 4.78. The summed E-state index contributed by atoms with van der Waals surface area (Å²) in [5.41, 5.74) is 7.10. The van der Waals surface area contributed by atoms with Gasteiger partial charge in [0.1, 0.15) is 0 Å². The Morgan fingerprint density at radius 1 is 0.818 bits per heavy atom. The second-order valence-electron chi connectivity index (χ2n) is 6.87. The maximum atomic E-state index is 5.64. The van der Waals surface area contributed by atoms with Crippen LogP contribution in [-0.4, -0.2) is 9.97 Å².